The molecule has 0 unspecified atom stereocenters. The van der Waals surface area contributed by atoms with Gasteiger partial charge >= 0.3 is 5.97 Å². The third-order valence-corrected chi connectivity index (χ3v) is 2.43. The van der Waals surface area contributed by atoms with Gasteiger partial charge in [0.2, 0.25) is 12.6 Å². The summed E-state index contributed by atoms with van der Waals surface area (Å²) in [4.78, 5) is 24.9. The van der Waals surface area contributed by atoms with Crippen molar-refractivity contribution in [1.29, 1.82) is 0 Å². The molecular formula is C9H9BrN4O3. The summed E-state index contributed by atoms with van der Waals surface area (Å²) in [6.45, 7) is 0.695. The fraction of sp³-hybridized carbons (Fsp3) is 0.333. The molecule has 0 radical (unpaired) electrons. The molecule has 0 spiro atoms. The number of rotatable bonds is 4. The van der Waals surface area contributed by atoms with Crippen molar-refractivity contribution in [1.82, 2.24) is 9.97 Å². The van der Waals surface area contributed by atoms with Crippen LogP contribution in [0.5, 0.6) is 0 Å². The van der Waals surface area contributed by atoms with Gasteiger partial charge in [0.05, 0.1) is 23.3 Å². The first-order chi connectivity index (χ1) is 8.15. The lowest BCUT2D eigenvalue weighted by Gasteiger charge is -2.31. The largest absolute Gasteiger partial charge is 0.479 e. The van der Waals surface area contributed by atoms with Crippen molar-refractivity contribution in [3.63, 3.8) is 0 Å². The fourth-order valence-corrected chi connectivity index (χ4v) is 1.45. The van der Waals surface area contributed by atoms with Gasteiger partial charge in [-0.1, -0.05) is 5.16 Å². The van der Waals surface area contributed by atoms with Gasteiger partial charge in [-0.25, -0.2) is 14.8 Å². The minimum atomic E-state index is -1.04. The second-order valence-electron chi connectivity index (χ2n) is 3.38. The second kappa shape index (κ2) is 5.09. The van der Waals surface area contributed by atoms with Gasteiger partial charge in [0.1, 0.15) is 0 Å². The molecule has 0 atom stereocenters. The molecule has 1 aliphatic heterocycles. The van der Waals surface area contributed by atoms with Crippen molar-refractivity contribution in [3.05, 3.63) is 16.9 Å². The van der Waals surface area contributed by atoms with Gasteiger partial charge < -0.3 is 14.8 Å². The molecule has 1 aromatic heterocycles. The topological polar surface area (TPSA) is 87.9 Å². The van der Waals surface area contributed by atoms with Crippen LogP contribution >= 0.6 is 15.9 Å². The van der Waals surface area contributed by atoms with Crippen LogP contribution < -0.4 is 4.90 Å². The zero-order chi connectivity index (χ0) is 12.3. The molecule has 0 amide bonds. The summed E-state index contributed by atoms with van der Waals surface area (Å²) in [7, 11) is 0. The molecule has 2 heterocycles. The van der Waals surface area contributed by atoms with Gasteiger partial charge in [-0.15, -0.1) is 0 Å². The molecule has 17 heavy (non-hydrogen) atoms. The molecule has 0 bridgehead atoms. The number of carboxylic acid groups (broad SMARTS) is 1. The van der Waals surface area contributed by atoms with E-state index in [2.05, 4.69) is 35.9 Å². The zero-order valence-corrected chi connectivity index (χ0v) is 10.3. The van der Waals surface area contributed by atoms with Gasteiger partial charge in [0.25, 0.3) is 0 Å². The molecule has 90 valence electrons. The first-order valence-corrected chi connectivity index (χ1v) is 5.56. The number of carboxylic acids is 1. The molecule has 0 saturated carbocycles. The Morgan fingerprint density at radius 2 is 2.18 bits per heavy atom. The van der Waals surface area contributed by atoms with Crippen LogP contribution in [0.2, 0.25) is 0 Å². The normalized spacial score (nSPS) is 14.2. The molecule has 1 fully saturated rings. The van der Waals surface area contributed by atoms with Gasteiger partial charge in [-0.2, -0.15) is 0 Å². The maximum atomic E-state index is 10.2. The van der Waals surface area contributed by atoms with Crippen molar-refractivity contribution in [3.8, 4) is 0 Å². The number of halogens is 1. The smallest absolute Gasteiger partial charge is 0.344 e. The van der Waals surface area contributed by atoms with E-state index in [-0.39, 0.29) is 0 Å². The number of nitrogens with zero attached hydrogens (tertiary/aromatic N) is 4. The number of hydrogen-bond acceptors (Lipinski definition) is 6. The van der Waals surface area contributed by atoms with E-state index < -0.39 is 12.6 Å². The van der Waals surface area contributed by atoms with Crippen LogP contribution in [-0.2, 0) is 9.63 Å². The van der Waals surface area contributed by atoms with Crippen LogP contribution in [-0.4, -0.2) is 46.5 Å². The fourth-order valence-electron chi connectivity index (χ4n) is 1.24. The van der Waals surface area contributed by atoms with Crippen LogP contribution in [0.1, 0.15) is 0 Å². The van der Waals surface area contributed by atoms with E-state index in [0.717, 1.165) is 10.2 Å². The highest BCUT2D eigenvalue weighted by atomic mass is 79.9. The van der Waals surface area contributed by atoms with E-state index in [0.29, 0.717) is 19.0 Å². The van der Waals surface area contributed by atoms with Gasteiger partial charge in [-0.05, 0) is 15.9 Å². The highest BCUT2D eigenvalue weighted by molar-refractivity contribution is 9.10. The van der Waals surface area contributed by atoms with E-state index in [9.17, 15) is 4.79 Å². The number of oxime groups is 1. The Bertz CT molecular complexity index is 440. The highest BCUT2D eigenvalue weighted by Gasteiger charge is 2.24. The monoisotopic (exact) mass is 300 g/mol. The van der Waals surface area contributed by atoms with Crippen molar-refractivity contribution in [2.45, 2.75) is 0 Å². The molecule has 1 aromatic rings. The summed E-state index contributed by atoms with van der Waals surface area (Å²) in [6.07, 6.45) is 3.33. The summed E-state index contributed by atoms with van der Waals surface area (Å²) < 4.78 is 0.820. The van der Waals surface area contributed by atoms with E-state index in [1.165, 1.54) is 0 Å². The highest BCUT2D eigenvalue weighted by Crippen LogP contribution is 2.15. The average molecular weight is 301 g/mol. The van der Waals surface area contributed by atoms with Crippen molar-refractivity contribution < 1.29 is 14.7 Å². The van der Waals surface area contributed by atoms with E-state index in [4.69, 9.17) is 5.11 Å². The van der Waals surface area contributed by atoms with Gasteiger partial charge in [-0.3, -0.25) is 0 Å². The SMILES string of the molecule is O=C(O)CON=C1CN(c2ncc(Br)cn2)C1. The molecule has 7 nitrogen and oxygen atoms in total. The second-order valence-corrected chi connectivity index (χ2v) is 4.30. The molecule has 0 aromatic carbocycles. The number of aromatic nitrogens is 2. The predicted molar refractivity (Wildman–Crippen MR) is 63.0 cm³/mol. The lowest BCUT2D eigenvalue weighted by Crippen LogP contribution is -2.48. The zero-order valence-electron chi connectivity index (χ0n) is 8.71. The Kier molecular flexibility index (Phi) is 3.52. The first-order valence-electron chi connectivity index (χ1n) is 4.77. The lowest BCUT2D eigenvalue weighted by molar-refractivity contribution is -0.142. The van der Waals surface area contributed by atoms with Crippen LogP contribution in [0, 0.1) is 0 Å². The van der Waals surface area contributed by atoms with Crippen molar-refractivity contribution >= 4 is 33.6 Å². The number of aliphatic carboxylic acids is 1. The molecule has 0 aliphatic carbocycles. The summed E-state index contributed by atoms with van der Waals surface area (Å²) in [5, 5.41) is 12.0. The Morgan fingerprint density at radius 1 is 1.53 bits per heavy atom. The Hall–Kier alpha value is -1.70. The quantitative estimate of drug-likeness (QED) is 0.816. The molecule has 1 N–H and O–H groups in total. The summed E-state index contributed by atoms with van der Waals surface area (Å²) >= 11 is 3.25. The first kappa shape index (κ1) is 11.8. The summed E-state index contributed by atoms with van der Waals surface area (Å²) in [5.41, 5.74) is 0.776. The lowest BCUT2D eigenvalue weighted by atomic mass is 10.2. The van der Waals surface area contributed by atoms with E-state index in [1.807, 2.05) is 4.90 Å². The van der Waals surface area contributed by atoms with Crippen LogP contribution in [0.25, 0.3) is 0 Å². The van der Waals surface area contributed by atoms with Gasteiger partial charge in [0.15, 0.2) is 0 Å². The Morgan fingerprint density at radius 3 is 2.76 bits per heavy atom. The Balaban J connectivity index is 1.82. The van der Waals surface area contributed by atoms with Crippen molar-refractivity contribution in [2.24, 2.45) is 5.16 Å². The minimum Gasteiger partial charge on any atom is -0.479 e. The molecule has 2 rings (SSSR count). The average Bonchev–Trinajstić information content (AvgIpc) is 2.23. The molecular weight excluding hydrogens is 292 g/mol. The standard InChI is InChI=1S/C9H9BrN4O3/c10-6-1-11-9(12-2-6)14-3-7(4-14)13-17-5-8(15)16/h1-2H,3-5H2,(H,15,16). The maximum absolute atomic E-state index is 10.2. The van der Waals surface area contributed by atoms with Crippen molar-refractivity contribution in [2.75, 3.05) is 24.6 Å². The van der Waals surface area contributed by atoms with Crippen LogP contribution in [0.3, 0.4) is 0 Å². The molecule has 1 aliphatic rings. The third kappa shape index (κ3) is 3.13. The van der Waals surface area contributed by atoms with Crippen LogP contribution in [0.15, 0.2) is 22.0 Å². The van der Waals surface area contributed by atoms with Gasteiger partial charge in [0, 0.05) is 12.4 Å². The number of anilines is 1. The van der Waals surface area contributed by atoms with E-state index >= 15 is 0 Å². The Labute approximate surface area is 105 Å². The summed E-state index contributed by atoms with van der Waals surface area (Å²) in [5.74, 6) is -0.424. The summed E-state index contributed by atoms with van der Waals surface area (Å²) in [6, 6.07) is 0. The van der Waals surface area contributed by atoms with E-state index in [1.54, 1.807) is 12.4 Å². The molecule has 8 heteroatoms. The number of carbonyl (C=O) groups is 1. The number of hydrogen-bond donors (Lipinski definition) is 1. The minimum absolute atomic E-state index is 0.418. The molecule has 1 saturated heterocycles. The van der Waals surface area contributed by atoms with Crippen LogP contribution in [0.4, 0.5) is 5.95 Å². The predicted octanol–water partition coefficient (Wildman–Crippen LogP) is 0.516. The third-order valence-electron chi connectivity index (χ3n) is 2.02. The maximum Gasteiger partial charge on any atom is 0.344 e.